The van der Waals surface area contributed by atoms with E-state index < -0.39 is 10.9 Å². The molecule has 0 radical (unpaired) electrons. The smallest absolute Gasteiger partial charge is 0.311 e. The van der Waals surface area contributed by atoms with E-state index in [1.165, 1.54) is 6.20 Å². The van der Waals surface area contributed by atoms with Crippen molar-refractivity contribution in [3.8, 4) is 0 Å². The first-order chi connectivity index (χ1) is 9.99. The van der Waals surface area contributed by atoms with Crippen molar-refractivity contribution in [2.24, 2.45) is 0 Å². The number of para-hydroxylation sites is 1. The number of carboxylic acids is 1. The van der Waals surface area contributed by atoms with Crippen LogP contribution in [0.2, 0.25) is 0 Å². The van der Waals surface area contributed by atoms with Gasteiger partial charge in [-0.3, -0.25) is 14.9 Å². The van der Waals surface area contributed by atoms with Gasteiger partial charge in [0.15, 0.2) is 0 Å². The maximum atomic E-state index is 11.1. The Morgan fingerprint density at radius 3 is 2.86 bits per heavy atom. The van der Waals surface area contributed by atoms with Crippen LogP contribution in [0.1, 0.15) is 19.8 Å². The topological polar surface area (TPSA) is 105 Å². The average Bonchev–Trinajstić information content (AvgIpc) is 2.45. The zero-order chi connectivity index (χ0) is 15.4. The summed E-state index contributed by atoms with van der Waals surface area (Å²) in [5.41, 5.74) is 0.912. The molecule has 2 rings (SSSR count). The lowest BCUT2D eigenvalue weighted by atomic mass is 10.1. The number of nitrogens with zero attached hydrogens (tertiary/aromatic N) is 2. The minimum atomic E-state index is -0.891. The molecular formula is C14H15N3O4. The summed E-state index contributed by atoms with van der Waals surface area (Å²) in [5.74, 6) is -0.891. The SMILES string of the molecule is CC(CCC(=O)O)Nc1c([N+](=O)[O-])cnc2ccccc12. The molecule has 7 heteroatoms. The Morgan fingerprint density at radius 2 is 2.19 bits per heavy atom. The third-order valence-electron chi connectivity index (χ3n) is 3.13. The molecule has 2 N–H and O–H groups in total. The highest BCUT2D eigenvalue weighted by Gasteiger charge is 2.19. The van der Waals surface area contributed by atoms with Gasteiger partial charge in [0.25, 0.3) is 0 Å². The van der Waals surface area contributed by atoms with Crippen LogP contribution in [0.5, 0.6) is 0 Å². The van der Waals surface area contributed by atoms with Crippen LogP contribution < -0.4 is 5.32 Å². The third kappa shape index (κ3) is 3.44. The molecule has 110 valence electrons. The van der Waals surface area contributed by atoms with Crippen LogP contribution >= 0.6 is 0 Å². The second-order valence-electron chi connectivity index (χ2n) is 4.77. The van der Waals surface area contributed by atoms with Gasteiger partial charge in [0.1, 0.15) is 11.9 Å². The van der Waals surface area contributed by atoms with Gasteiger partial charge in [-0.2, -0.15) is 0 Å². The number of nitrogens with one attached hydrogen (secondary N) is 1. The fraction of sp³-hybridized carbons (Fsp3) is 0.286. The molecule has 0 aliphatic rings. The summed E-state index contributed by atoms with van der Waals surface area (Å²) in [6.07, 6.45) is 1.60. The zero-order valence-electron chi connectivity index (χ0n) is 11.4. The number of benzene rings is 1. The number of hydrogen-bond donors (Lipinski definition) is 2. The van der Waals surface area contributed by atoms with E-state index in [0.29, 0.717) is 23.0 Å². The van der Waals surface area contributed by atoms with E-state index in [1.807, 2.05) is 0 Å². The Morgan fingerprint density at radius 1 is 1.48 bits per heavy atom. The number of anilines is 1. The molecule has 0 aliphatic carbocycles. The van der Waals surface area contributed by atoms with Crippen molar-refractivity contribution >= 4 is 28.2 Å². The molecule has 2 aromatic rings. The largest absolute Gasteiger partial charge is 0.481 e. The van der Waals surface area contributed by atoms with Crippen LogP contribution in [-0.2, 0) is 4.79 Å². The fourth-order valence-corrected chi connectivity index (χ4v) is 2.08. The molecule has 1 atom stereocenters. The van der Waals surface area contributed by atoms with Gasteiger partial charge in [-0.1, -0.05) is 18.2 Å². The molecular weight excluding hydrogens is 274 g/mol. The molecule has 0 saturated carbocycles. The molecule has 0 spiro atoms. The number of aromatic nitrogens is 1. The van der Waals surface area contributed by atoms with E-state index in [-0.39, 0.29) is 18.2 Å². The highest BCUT2D eigenvalue weighted by atomic mass is 16.6. The maximum Gasteiger partial charge on any atom is 0.311 e. The number of hydrogen-bond acceptors (Lipinski definition) is 5. The van der Waals surface area contributed by atoms with Crippen molar-refractivity contribution in [1.82, 2.24) is 4.98 Å². The molecule has 1 unspecified atom stereocenters. The van der Waals surface area contributed by atoms with Crippen molar-refractivity contribution in [1.29, 1.82) is 0 Å². The quantitative estimate of drug-likeness (QED) is 0.625. The number of carbonyl (C=O) groups is 1. The van der Waals surface area contributed by atoms with Crippen LogP contribution in [-0.4, -0.2) is 27.0 Å². The summed E-state index contributed by atoms with van der Waals surface area (Å²) < 4.78 is 0. The van der Waals surface area contributed by atoms with E-state index in [0.717, 1.165) is 0 Å². The molecule has 0 saturated heterocycles. The van der Waals surface area contributed by atoms with Crippen LogP contribution in [0.15, 0.2) is 30.5 Å². The van der Waals surface area contributed by atoms with Crippen LogP contribution in [0, 0.1) is 10.1 Å². The summed E-state index contributed by atoms with van der Waals surface area (Å²) in [6.45, 7) is 1.79. The standard InChI is InChI=1S/C14H15N3O4/c1-9(6-7-13(18)19)16-14-10-4-2-3-5-11(10)15-8-12(14)17(20)21/h2-5,8-9H,6-7H2,1H3,(H,15,16)(H,18,19). The zero-order valence-corrected chi connectivity index (χ0v) is 11.4. The van der Waals surface area contributed by atoms with Gasteiger partial charge in [0.2, 0.25) is 0 Å². The minimum absolute atomic E-state index is 0.00494. The molecule has 21 heavy (non-hydrogen) atoms. The summed E-state index contributed by atoms with van der Waals surface area (Å²) in [4.78, 5) is 25.3. The van der Waals surface area contributed by atoms with Crippen LogP contribution in [0.3, 0.4) is 0 Å². The van der Waals surface area contributed by atoms with E-state index >= 15 is 0 Å². The Hall–Kier alpha value is -2.70. The number of aliphatic carboxylic acids is 1. The van der Waals surface area contributed by atoms with E-state index in [9.17, 15) is 14.9 Å². The van der Waals surface area contributed by atoms with E-state index in [4.69, 9.17) is 5.11 Å². The summed E-state index contributed by atoms with van der Waals surface area (Å²) >= 11 is 0. The first kappa shape index (κ1) is 14.7. The van der Waals surface area contributed by atoms with Crippen molar-refractivity contribution < 1.29 is 14.8 Å². The highest BCUT2D eigenvalue weighted by molar-refractivity contribution is 5.95. The van der Waals surface area contributed by atoms with Crippen LogP contribution in [0.4, 0.5) is 11.4 Å². The number of fused-ring (bicyclic) bond motifs is 1. The predicted molar refractivity (Wildman–Crippen MR) is 78.4 cm³/mol. The number of pyridine rings is 1. The Labute approximate surface area is 120 Å². The van der Waals surface area contributed by atoms with Crippen molar-refractivity contribution in [2.45, 2.75) is 25.8 Å². The number of nitro groups is 1. The normalized spacial score (nSPS) is 12.0. The Bertz CT molecular complexity index is 687. The van der Waals surface area contributed by atoms with Gasteiger partial charge < -0.3 is 10.4 Å². The second-order valence-corrected chi connectivity index (χ2v) is 4.77. The molecule has 7 nitrogen and oxygen atoms in total. The first-order valence-corrected chi connectivity index (χ1v) is 6.49. The maximum absolute atomic E-state index is 11.1. The van der Waals surface area contributed by atoms with E-state index in [2.05, 4.69) is 10.3 Å². The summed E-state index contributed by atoms with van der Waals surface area (Å²) in [6, 6.07) is 6.90. The van der Waals surface area contributed by atoms with Crippen molar-refractivity contribution in [2.75, 3.05) is 5.32 Å². The van der Waals surface area contributed by atoms with Gasteiger partial charge in [-0.05, 0) is 19.4 Å². The molecule has 0 amide bonds. The monoisotopic (exact) mass is 289 g/mol. The van der Waals surface area contributed by atoms with Gasteiger partial charge in [0, 0.05) is 17.8 Å². The Kier molecular flexibility index (Phi) is 4.32. The predicted octanol–water partition coefficient (Wildman–Crippen LogP) is 2.81. The lowest BCUT2D eigenvalue weighted by Crippen LogP contribution is -2.17. The van der Waals surface area contributed by atoms with Gasteiger partial charge in [-0.15, -0.1) is 0 Å². The summed E-state index contributed by atoms with van der Waals surface area (Å²) in [7, 11) is 0. The number of rotatable bonds is 6. The fourth-order valence-electron chi connectivity index (χ4n) is 2.08. The van der Waals surface area contributed by atoms with Gasteiger partial charge in [0.05, 0.1) is 10.4 Å². The van der Waals surface area contributed by atoms with Crippen molar-refractivity contribution in [3.63, 3.8) is 0 Å². The lowest BCUT2D eigenvalue weighted by Gasteiger charge is -2.15. The Balaban J connectivity index is 2.37. The molecule has 0 aliphatic heterocycles. The second kappa shape index (κ2) is 6.17. The first-order valence-electron chi connectivity index (χ1n) is 6.49. The average molecular weight is 289 g/mol. The van der Waals surface area contributed by atoms with Crippen molar-refractivity contribution in [3.05, 3.63) is 40.6 Å². The number of carboxylic acid groups (broad SMARTS) is 1. The molecule has 1 heterocycles. The molecule has 1 aromatic heterocycles. The minimum Gasteiger partial charge on any atom is -0.481 e. The summed E-state index contributed by atoms with van der Waals surface area (Å²) in [5, 5.41) is 23.5. The molecule has 0 fully saturated rings. The highest BCUT2D eigenvalue weighted by Crippen LogP contribution is 2.32. The lowest BCUT2D eigenvalue weighted by molar-refractivity contribution is -0.384. The van der Waals surface area contributed by atoms with Gasteiger partial charge >= 0.3 is 11.7 Å². The third-order valence-corrected chi connectivity index (χ3v) is 3.13. The molecule has 0 bridgehead atoms. The van der Waals surface area contributed by atoms with Crippen LogP contribution in [0.25, 0.3) is 10.9 Å². The molecule has 1 aromatic carbocycles. The van der Waals surface area contributed by atoms with Gasteiger partial charge in [-0.25, -0.2) is 4.98 Å². The van der Waals surface area contributed by atoms with E-state index in [1.54, 1.807) is 31.2 Å².